The molecular weight excluding hydrogens is 192 g/mol. The summed E-state index contributed by atoms with van der Waals surface area (Å²) in [4.78, 5) is 7.37. The van der Waals surface area contributed by atoms with E-state index in [0.717, 1.165) is 35.9 Å². The fourth-order valence-corrected chi connectivity index (χ4v) is 1.44. The molecule has 0 fully saturated rings. The van der Waals surface area contributed by atoms with Gasteiger partial charge in [0.05, 0.1) is 6.20 Å². The molecule has 0 aliphatic heterocycles. The maximum atomic E-state index is 8.69. The summed E-state index contributed by atoms with van der Waals surface area (Å²) in [7, 11) is 0. The third-order valence-electron chi connectivity index (χ3n) is 2.21. The van der Waals surface area contributed by atoms with E-state index in [-0.39, 0.29) is 6.61 Å². The van der Waals surface area contributed by atoms with Crippen LogP contribution in [0.3, 0.4) is 0 Å². The summed E-state index contributed by atoms with van der Waals surface area (Å²) in [5, 5.41) is 8.69. The number of hydrogen-bond donors (Lipinski definition) is 2. The van der Waals surface area contributed by atoms with Crippen molar-refractivity contribution >= 4 is 0 Å². The van der Waals surface area contributed by atoms with Gasteiger partial charge in [-0.05, 0) is 25.5 Å². The molecule has 0 amide bonds. The Kier molecular flexibility index (Phi) is 2.87. The van der Waals surface area contributed by atoms with E-state index in [1.165, 1.54) is 0 Å². The first-order valence-corrected chi connectivity index (χ1v) is 5.01. The minimum absolute atomic E-state index is 0.190. The predicted octanol–water partition coefficient (Wildman–Crippen LogP) is 1.90. The van der Waals surface area contributed by atoms with Gasteiger partial charge in [-0.2, -0.15) is 0 Å². The highest BCUT2D eigenvalue weighted by molar-refractivity contribution is 5.51. The molecular formula is C11H14N2O2. The van der Waals surface area contributed by atoms with E-state index in [0.29, 0.717) is 0 Å². The Bertz CT molecular complexity index is 431. The van der Waals surface area contributed by atoms with Crippen LogP contribution >= 0.6 is 0 Å². The number of aliphatic hydroxyl groups is 1. The summed E-state index contributed by atoms with van der Waals surface area (Å²) < 4.78 is 5.47. The molecule has 0 saturated heterocycles. The van der Waals surface area contributed by atoms with E-state index in [1.807, 2.05) is 19.1 Å². The van der Waals surface area contributed by atoms with Crippen LogP contribution in [0.1, 0.15) is 18.0 Å². The van der Waals surface area contributed by atoms with Crippen molar-refractivity contribution in [3.63, 3.8) is 0 Å². The minimum Gasteiger partial charge on any atom is -0.460 e. The first-order chi connectivity index (χ1) is 7.29. The van der Waals surface area contributed by atoms with Gasteiger partial charge in [0.2, 0.25) is 0 Å². The summed E-state index contributed by atoms with van der Waals surface area (Å²) in [6.45, 7) is 2.10. The van der Waals surface area contributed by atoms with Crippen LogP contribution < -0.4 is 0 Å². The second-order valence-corrected chi connectivity index (χ2v) is 3.48. The van der Waals surface area contributed by atoms with Gasteiger partial charge in [0.25, 0.3) is 0 Å². The van der Waals surface area contributed by atoms with E-state index >= 15 is 0 Å². The van der Waals surface area contributed by atoms with Crippen molar-refractivity contribution in [3.05, 3.63) is 29.9 Å². The summed E-state index contributed by atoms with van der Waals surface area (Å²) in [5.41, 5.74) is 0.885. The van der Waals surface area contributed by atoms with Crippen LogP contribution in [0.25, 0.3) is 11.5 Å². The Hall–Kier alpha value is -1.55. The molecule has 2 aromatic rings. The first kappa shape index (κ1) is 9.98. The molecule has 0 atom stereocenters. The molecule has 2 N–H and O–H groups in total. The predicted molar refractivity (Wildman–Crippen MR) is 56.4 cm³/mol. The van der Waals surface area contributed by atoms with Crippen LogP contribution in [0.4, 0.5) is 0 Å². The van der Waals surface area contributed by atoms with E-state index < -0.39 is 0 Å². The Morgan fingerprint density at radius 1 is 1.47 bits per heavy atom. The Labute approximate surface area is 88.0 Å². The van der Waals surface area contributed by atoms with Crippen molar-refractivity contribution < 1.29 is 9.52 Å². The van der Waals surface area contributed by atoms with Crippen LogP contribution in [-0.2, 0) is 6.42 Å². The fraction of sp³-hybridized carbons (Fsp3) is 0.364. The summed E-state index contributed by atoms with van der Waals surface area (Å²) in [6, 6.07) is 3.84. The number of nitrogens with one attached hydrogen (secondary N) is 1. The molecule has 4 heteroatoms. The topological polar surface area (TPSA) is 62.1 Å². The van der Waals surface area contributed by atoms with Gasteiger partial charge in [0.15, 0.2) is 5.76 Å². The summed E-state index contributed by atoms with van der Waals surface area (Å²) in [5.74, 6) is 2.57. The minimum atomic E-state index is 0.190. The van der Waals surface area contributed by atoms with E-state index in [4.69, 9.17) is 9.52 Å². The molecule has 0 spiro atoms. The number of hydrogen-bond acceptors (Lipinski definition) is 3. The number of rotatable bonds is 4. The zero-order valence-electron chi connectivity index (χ0n) is 8.66. The molecule has 0 unspecified atom stereocenters. The molecule has 2 heterocycles. The molecule has 0 radical (unpaired) electrons. The van der Waals surface area contributed by atoms with Crippen LogP contribution in [0.5, 0.6) is 0 Å². The average Bonchev–Trinajstić information content (AvgIpc) is 2.83. The summed E-state index contributed by atoms with van der Waals surface area (Å²) in [6.07, 6.45) is 3.24. The highest BCUT2D eigenvalue weighted by atomic mass is 16.3. The highest BCUT2D eigenvalue weighted by Crippen LogP contribution is 2.19. The molecule has 2 aromatic heterocycles. The van der Waals surface area contributed by atoms with Crippen molar-refractivity contribution in [2.75, 3.05) is 6.61 Å². The lowest BCUT2D eigenvalue weighted by Crippen LogP contribution is -1.91. The second kappa shape index (κ2) is 4.31. The van der Waals surface area contributed by atoms with Gasteiger partial charge in [-0.3, -0.25) is 0 Å². The molecule has 80 valence electrons. The third kappa shape index (κ3) is 2.27. The number of aromatic nitrogens is 2. The van der Waals surface area contributed by atoms with E-state index in [9.17, 15) is 0 Å². The third-order valence-corrected chi connectivity index (χ3v) is 2.21. The average molecular weight is 206 g/mol. The fourth-order valence-electron chi connectivity index (χ4n) is 1.44. The lowest BCUT2D eigenvalue weighted by Gasteiger charge is -1.93. The molecule has 0 aliphatic carbocycles. The molecule has 4 nitrogen and oxygen atoms in total. The maximum absolute atomic E-state index is 8.69. The molecule has 0 saturated carbocycles. The maximum Gasteiger partial charge on any atom is 0.152 e. The zero-order valence-corrected chi connectivity index (χ0v) is 8.66. The second-order valence-electron chi connectivity index (χ2n) is 3.48. The normalized spacial score (nSPS) is 10.8. The van der Waals surface area contributed by atoms with Gasteiger partial charge in [0, 0.05) is 13.0 Å². The van der Waals surface area contributed by atoms with Crippen LogP contribution in [0, 0.1) is 6.92 Å². The SMILES string of the molecule is Cc1ccc(-c2cnc(CCCO)[nH]2)o1. The van der Waals surface area contributed by atoms with Crippen molar-refractivity contribution in [1.82, 2.24) is 9.97 Å². The molecule has 15 heavy (non-hydrogen) atoms. The molecule has 2 rings (SSSR count). The van der Waals surface area contributed by atoms with Gasteiger partial charge in [0.1, 0.15) is 17.3 Å². The Morgan fingerprint density at radius 3 is 3.00 bits per heavy atom. The number of H-pyrrole nitrogens is 1. The number of furan rings is 1. The smallest absolute Gasteiger partial charge is 0.152 e. The van der Waals surface area contributed by atoms with E-state index in [1.54, 1.807) is 6.20 Å². The Morgan fingerprint density at radius 2 is 2.33 bits per heavy atom. The number of aliphatic hydroxyl groups excluding tert-OH is 1. The van der Waals surface area contributed by atoms with Crippen LogP contribution in [-0.4, -0.2) is 21.7 Å². The van der Waals surface area contributed by atoms with Gasteiger partial charge >= 0.3 is 0 Å². The highest BCUT2D eigenvalue weighted by Gasteiger charge is 2.06. The zero-order chi connectivity index (χ0) is 10.7. The van der Waals surface area contributed by atoms with Gasteiger partial charge in [-0.25, -0.2) is 4.98 Å². The monoisotopic (exact) mass is 206 g/mol. The van der Waals surface area contributed by atoms with Crippen molar-refractivity contribution in [3.8, 4) is 11.5 Å². The van der Waals surface area contributed by atoms with Crippen molar-refractivity contribution in [2.24, 2.45) is 0 Å². The number of nitrogens with zero attached hydrogens (tertiary/aromatic N) is 1. The van der Waals surface area contributed by atoms with Gasteiger partial charge in [-0.15, -0.1) is 0 Å². The lowest BCUT2D eigenvalue weighted by atomic mass is 10.3. The molecule has 0 aliphatic rings. The van der Waals surface area contributed by atoms with Crippen LogP contribution in [0.2, 0.25) is 0 Å². The standard InChI is InChI=1S/C11H14N2O2/c1-8-4-5-10(15-8)9-7-12-11(13-9)3-2-6-14/h4-5,7,14H,2-3,6H2,1H3,(H,12,13). The van der Waals surface area contributed by atoms with Gasteiger partial charge in [-0.1, -0.05) is 0 Å². The molecule has 0 aromatic carbocycles. The van der Waals surface area contributed by atoms with Crippen molar-refractivity contribution in [1.29, 1.82) is 0 Å². The van der Waals surface area contributed by atoms with Crippen LogP contribution in [0.15, 0.2) is 22.7 Å². The van der Waals surface area contributed by atoms with E-state index in [2.05, 4.69) is 9.97 Å². The first-order valence-electron chi connectivity index (χ1n) is 5.01. The Balaban J connectivity index is 2.13. The number of aromatic amines is 1. The number of imidazole rings is 1. The molecule has 0 bridgehead atoms. The quantitative estimate of drug-likeness (QED) is 0.803. The lowest BCUT2D eigenvalue weighted by molar-refractivity contribution is 0.287. The largest absolute Gasteiger partial charge is 0.460 e. The number of aryl methyl sites for hydroxylation is 2. The summed E-state index contributed by atoms with van der Waals surface area (Å²) >= 11 is 0. The van der Waals surface area contributed by atoms with Gasteiger partial charge < -0.3 is 14.5 Å². The van der Waals surface area contributed by atoms with Crippen molar-refractivity contribution in [2.45, 2.75) is 19.8 Å².